The van der Waals surface area contributed by atoms with Crippen LogP contribution in [0.25, 0.3) is 11.4 Å². The number of nitrogens with zero attached hydrogens (tertiary/aromatic N) is 3. The average Bonchev–Trinajstić information content (AvgIpc) is 2.58. The maximum absolute atomic E-state index is 5.50. The molecular weight excluding hydrogens is 208 g/mol. The lowest BCUT2D eigenvalue weighted by Crippen LogP contribution is -1.88. The van der Waals surface area contributed by atoms with Crippen LogP contribution in [-0.4, -0.2) is 14.8 Å². The lowest BCUT2D eigenvalue weighted by Gasteiger charge is -1.86. The van der Waals surface area contributed by atoms with Gasteiger partial charge < -0.3 is 5.73 Å². The van der Waals surface area contributed by atoms with Crippen molar-refractivity contribution in [2.24, 2.45) is 7.05 Å². The van der Waals surface area contributed by atoms with Crippen molar-refractivity contribution in [3.8, 4) is 11.4 Å². The molecule has 0 aromatic carbocycles. The van der Waals surface area contributed by atoms with Crippen LogP contribution in [0.5, 0.6) is 0 Å². The van der Waals surface area contributed by atoms with Crippen LogP contribution in [0.15, 0.2) is 17.6 Å². The summed E-state index contributed by atoms with van der Waals surface area (Å²) in [6, 6.07) is 1.91. The molecule has 0 saturated carbocycles. The molecule has 0 bridgehead atoms. The molecule has 0 fully saturated rings. The maximum Gasteiger partial charge on any atom is 0.180 e. The van der Waals surface area contributed by atoms with E-state index in [1.165, 1.54) is 11.3 Å². The van der Waals surface area contributed by atoms with Crippen LogP contribution in [0.3, 0.4) is 0 Å². The minimum Gasteiger partial charge on any atom is -0.375 e. The summed E-state index contributed by atoms with van der Waals surface area (Å²) >= 11 is 1.43. The number of hydrogen-bond acceptors (Lipinski definition) is 4. The molecule has 0 atom stereocenters. The Kier molecular flexibility index (Phi) is 2.90. The second kappa shape index (κ2) is 3.76. The largest absolute Gasteiger partial charge is 0.375 e. The SMILES string of the molecule is Cl.Cn1ccc(-c2csc(N)n2)n1. The van der Waals surface area contributed by atoms with Crippen LogP contribution >= 0.6 is 23.7 Å². The first-order chi connectivity index (χ1) is 5.75. The van der Waals surface area contributed by atoms with E-state index in [9.17, 15) is 0 Å². The number of aryl methyl sites for hydroxylation is 1. The van der Waals surface area contributed by atoms with Gasteiger partial charge in [-0.1, -0.05) is 0 Å². The van der Waals surface area contributed by atoms with Crippen molar-refractivity contribution in [2.75, 3.05) is 5.73 Å². The normalized spacial score (nSPS) is 9.62. The average molecular weight is 217 g/mol. The summed E-state index contributed by atoms with van der Waals surface area (Å²) in [5.41, 5.74) is 7.21. The predicted molar refractivity (Wildman–Crippen MR) is 56.0 cm³/mol. The van der Waals surface area contributed by atoms with E-state index in [4.69, 9.17) is 5.73 Å². The summed E-state index contributed by atoms with van der Waals surface area (Å²) in [4.78, 5) is 4.11. The third-order valence-electron chi connectivity index (χ3n) is 1.50. The molecule has 13 heavy (non-hydrogen) atoms. The van der Waals surface area contributed by atoms with E-state index in [1.807, 2.05) is 24.7 Å². The summed E-state index contributed by atoms with van der Waals surface area (Å²) < 4.78 is 1.74. The zero-order valence-electron chi connectivity index (χ0n) is 6.97. The molecule has 0 spiro atoms. The van der Waals surface area contributed by atoms with Crippen LogP contribution in [0.4, 0.5) is 5.13 Å². The topological polar surface area (TPSA) is 56.7 Å². The predicted octanol–water partition coefficient (Wildman–Crippen LogP) is 1.55. The Morgan fingerprint density at radius 2 is 2.23 bits per heavy atom. The molecule has 2 heterocycles. The fraction of sp³-hybridized carbons (Fsp3) is 0.143. The lowest BCUT2D eigenvalue weighted by molar-refractivity contribution is 0.770. The maximum atomic E-state index is 5.50. The Hall–Kier alpha value is -1.07. The Labute approximate surface area is 85.8 Å². The van der Waals surface area contributed by atoms with E-state index in [1.54, 1.807) is 4.68 Å². The zero-order valence-corrected chi connectivity index (χ0v) is 8.60. The van der Waals surface area contributed by atoms with Gasteiger partial charge in [-0.15, -0.1) is 23.7 Å². The lowest BCUT2D eigenvalue weighted by atomic mass is 10.3. The Balaban J connectivity index is 0.000000845. The van der Waals surface area contributed by atoms with E-state index in [0.29, 0.717) is 5.13 Å². The fourth-order valence-electron chi connectivity index (χ4n) is 0.957. The highest BCUT2D eigenvalue weighted by Gasteiger charge is 2.03. The van der Waals surface area contributed by atoms with Crippen LogP contribution in [-0.2, 0) is 7.05 Å². The van der Waals surface area contributed by atoms with Crippen molar-refractivity contribution in [2.45, 2.75) is 0 Å². The number of nitrogen functional groups attached to an aromatic ring is 1. The highest BCUT2D eigenvalue weighted by molar-refractivity contribution is 7.13. The molecule has 0 aliphatic carbocycles. The fourth-order valence-corrected chi connectivity index (χ4v) is 1.51. The molecule has 2 N–H and O–H groups in total. The van der Waals surface area contributed by atoms with Gasteiger partial charge in [-0.05, 0) is 6.07 Å². The van der Waals surface area contributed by atoms with Gasteiger partial charge in [-0.3, -0.25) is 4.68 Å². The summed E-state index contributed by atoms with van der Waals surface area (Å²) in [7, 11) is 1.87. The van der Waals surface area contributed by atoms with Crippen LogP contribution in [0.1, 0.15) is 0 Å². The molecule has 0 aliphatic rings. The molecule has 0 unspecified atom stereocenters. The molecular formula is C7H9ClN4S. The number of thiazole rings is 1. The summed E-state index contributed by atoms with van der Waals surface area (Å²) in [5, 5.41) is 6.68. The van der Waals surface area contributed by atoms with Crippen molar-refractivity contribution in [3.05, 3.63) is 17.6 Å². The standard InChI is InChI=1S/C7H8N4S.ClH/c1-11-3-2-5(10-11)6-4-12-7(8)9-6;/h2-4H,1H3,(H2,8,9);1H. The van der Waals surface area contributed by atoms with Gasteiger partial charge >= 0.3 is 0 Å². The van der Waals surface area contributed by atoms with Crippen LogP contribution in [0, 0.1) is 0 Å². The molecule has 0 saturated heterocycles. The van der Waals surface area contributed by atoms with Gasteiger partial charge in [0.15, 0.2) is 5.13 Å². The molecule has 70 valence electrons. The third kappa shape index (κ3) is 1.99. The molecule has 0 radical (unpaired) electrons. The number of halogens is 1. The van der Waals surface area contributed by atoms with Gasteiger partial charge in [0.2, 0.25) is 0 Å². The van der Waals surface area contributed by atoms with Crippen LogP contribution < -0.4 is 5.73 Å². The smallest absolute Gasteiger partial charge is 0.180 e. The van der Waals surface area contributed by atoms with Crippen molar-refractivity contribution >= 4 is 28.9 Å². The first-order valence-electron chi connectivity index (χ1n) is 3.47. The number of hydrogen-bond donors (Lipinski definition) is 1. The van der Waals surface area contributed by atoms with Crippen LogP contribution in [0.2, 0.25) is 0 Å². The van der Waals surface area contributed by atoms with Gasteiger partial charge in [-0.2, -0.15) is 5.10 Å². The molecule has 0 amide bonds. The van der Waals surface area contributed by atoms with E-state index < -0.39 is 0 Å². The first kappa shape index (κ1) is 10.0. The Morgan fingerprint density at radius 3 is 2.69 bits per heavy atom. The highest BCUT2D eigenvalue weighted by Crippen LogP contribution is 2.20. The van der Waals surface area contributed by atoms with E-state index >= 15 is 0 Å². The molecule has 2 aromatic heterocycles. The van der Waals surface area contributed by atoms with Crippen molar-refractivity contribution < 1.29 is 0 Å². The Bertz CT molecular complexity index is 356. The summed E-state index contributed by atoms with van der Waals surface area (Å²) in [6.45, 7) is 0. The monoisotopic (exact) mass is 216 g/mol. The van der Waals surface area contributed by atoms with Gasteiger partial charge in [0.25, 0.3) is 0 Å². The van der Waals surface area contributed by atoms with Crippen molar-refractivity contribution in [1.29, 1.82) is 0 Å². The van der Waals surface area contributed by atoms with Gasteiger partial charge in [0.05, 0.1) is 0 Å². The molecule has 2 rings (SSSR count). The number of rotatable bonds is 1. The van der Waals surface area contributed by atoms with Gasteiger partial charge in [0.1, 0.15) is 11.4 Å². The van der Waals surface area contributed by atoms with Crippen molar-refractivity contribution in [3.63, 3.8) is 0 Å². The zero-order chi connectivity index (χ0) is 8.55. The third-order valence-corrected chi connectivity index (χ3v) is 2.17. The van der Waals surface area contributed by atoms with E-state index in [2.05, 4.69) is 10.1 Å². The second-order valence-electron chi connectivity index (χ2n) is 2.45. The summed E-state index contributed by atoms with van der Waals surface area (Å²) in [6.07, 6.45) is 1.88. The van der Waals surface area contributed by atoms with Gasteiger partial charge in [-0.25, -0.2) is 4.98 Å². The first-order valence-corrected chi connectivity index (χ1v) is 4.35. The highest BCUT2D eigenvalue weighted by atomic mass is 35.5. The minimum absolute atomic E-state index is 0. The van der Waals surface area contributed by atoms with E-state index in [-0.39, 0.29) is 12.4 Å². The number of aromatic nitrogens is 3. The Morgan fingerprint density at radius 1 is 1.46 bits per heavy atom. The molecule has 2 aromatic rings. The number of anilines is 1. The molecule has 4 nitrogen and oxygen atoms in total. The van der Waals surface area contributed by atoms with Gasteiger partial charge in [0, 0.05) is 18.6 Å². The molecule has 6 heteroatoms. The molecule has 0 aliphatic heterocycles. The van der Waals surface area contributed by atoms with Crippen molar-refractivity contribution in [1.82, 2.24) is 14.8 Å². The summed E-state index contributed by atoms with van der Waals surface area (Å²) in [5.74, 6) is 0. The van der Waals surface area contributed by atoms with E-state index in [0.717, 1.165) is 11.4 Å². The second-order valence-corrected chi connectivity index (χ2v) is 3.34. The minimum atomic E-state index is 0. The number of nitrogens with two attached hydrogens (primary N) is 1. The quantitative estimate of drug-likeness (QED) is 0.787.